The van der Waals surface area contributed by atoms with Crippen LogP contribution in [0.3, 0.4) is 0 Å². The monoisotopic (exact) mass is 756 g/mol. The van der Waals surface area contributed by atoms with Gasteiger partial charge in [-0.15, -0.1) is 3.98 Å². The molecule has 0 bridgehead atoms. The van der Waals surface area contributed by atoms with Crippen molar-refractivity contribution in [2.75, 3.05) is 0 Å². The van der Waals surface area contributed by atoms with E-state index >= 15 is 0 Å². The van der Waals surface area contributed by atoms with Crippen LogP contribution in [-0.2, 0) is 0 Å². The normalized spacial score (nSPS) is 14.2. The zero-order valence-electron chi connectivity index (χ0n) is 31.4. The van der Waals surface area contributed by atoms with Crippen LogP contribution in [0.25, 0.3) is 77.3 Å². The summed E-state index contributed by atoms with van der Waals surface area (Å²) in [7, 11) is 0. The zero-order chi connectivity index (χ0) is 38.2. The molecule has 0 spiro atoms. The van der Waals surface area contributed by atoms with E-state index in [1.54, 1.807) is 0 Å². The van der Waals surface area contributed by atoms with Crippen LogP contribution in [0.5, 0.6) is 0 Å². The molecule has 1 atom stereocenters. The van der Waals surface area contributed by atoms with Crippen LogP contribution in [0.4, 0.5) is 0 Å². The molecule has 0 fully saturated rings. The Morgan fingerprint density at radius 1 is 0.362 bits per heavy atom. The van der Waals surface area contributed by atoms with E-state index in [1.165, 1.54) is 76.3 Å². The molecule has 4 heteroatoms. The Morgan fingerprint density at radius 3 is 1.55 bits per heavy atom. The van der Waals surface area contributed by atoms with Crippen molar-refractivity contribution in [2.45, 2.75) is 10.9 Å². The molecule has 0 saturated carbocycles. The molecular formula is C54H34N3S+. The summed E-state index contributed by atoms with van der Waals surface area (Å²) < 4.78 is 2.53. The summed E-state index contributed by atoms with van der Waals surface area (Å²) in [6, 6.07) is 72.5. The van der Waals surface area contributed by atoms with Gasteiger partial charge in [0, 0.05) is 33.4 Å². The molecule has 0 aliphatic carbocycles. The van der Waals surface area contributed by atoms with Crippen molar-refractivity contribution in [3.05, 3.63) is 222 Å². The first-order valence-corrected chi connectivity index (χ1v) is 20.5. The van der Waals surface area contributed by atoms with Crippen LogP contribution in [-0.4, -0.2) is 19.7 Å². The van der Waals surface area contributed by atoms with E-state index < -0.39 is 0 Å². The van der Waals surface area contributed by atoms with Gasteiger partial charge in [0.05, 0.1) is 21.8 Å². The van der Waals surface area contributed by atoms with E-state index in [1.807, 2.05) is 36.2 Å². The smallest absolute Gasteiger partial charge is 0.228 e. The van der Waals surface area contributed by atoms with Crippen molar-refractivity contribution in [1.82, 2.24) is 9.97 Å². The lowest BCUT2D eigenvalue weighted by Gasteiger charge is -2.13. The first-order valence-electron chi connectivity index (χ1n) is 19.8. The molecule has 10 aromatic rings. The van der Waals surface area contributed by atoms with Crippen molar-refractivity contribution < 1.29 is 3.98 Å². The van der Waals surface area contributed by atoms with E-state index in [-0.39, 0.29) is 6.04 Å². The first-order chi connectivity index (χ1) is 28.7. The van der Waals surface area contributed by atoms with Crippen LogP contribution >= 0.6 is 11.9 Å². The van der Waals surface area contributed by atoms with Crippen LogP contribution in [0.2, 0.25) is 0 Å². The van der Waals surface area contributed by atoms with Gasteiger partial charge >= 0.3 is 0 Å². The number of benzene rings is 9. The van der Waals surface area contributed by atoms with Crippen LogP contribution in [0, 0.1) is 0 Å². The fraction of sp³-hybridized carbons (Fsp3) is 0.0185. The Labute approximate surface area is 340 Å². The third kappa shape index (κ3) is 5.26. The van der Waals surface area contributed by atoms with Gasteiger partial charge in [0.2, 0.25) is 11.8 Å². The average Bonchev–Trinajstić information content (AvgIpc) is 3.83. The van der Waals surface area contributed by atoms with Crippen molar-refractivity contribution in [3.8, 4) is 45.0 Å². The van der Waals surface area contributed by atoms with Crippen LogP contribution < -0.4 is 0 Å². The summed E-state index contributed by atoms with van der Waals surface area (Å²) in [6.45, 7) is 0. The molecular weight excluding hydrogens is 723 g/mol. The van der Waals surface area contributed by atoms with Crippen molar-refractivity contribution in [3.63, 3.8) is 0 Å². The molecule has 9 aromatic carbocycles. The van der Waals surface area contributed by atoms with E-state index in [0.29, 0.717) is 0 Å². The Balaban J connectivity index is 0.989. The summed E-state index contributed by atoms with van der Waals surface area (Å²) >= 11 is 1.85. The van der Waals surface area contributed by atoms with Crippen LogP contribution in [0.15, 0.2) is 205 Å². The molecule has 1 unspecified atom stereocenters. The predicted molar refractivity (Wildman–Crippen MR) is 240 cm³/mol. The molecule has 1 aromatic heterocycles. The van der Waals surface area contributed by atoms with Gasteiger partial charge in [-0.25, -0.2) is 9.97 Å². The molecule has 0 radical (unpaired) electrons. The summed E-state index contributed by atoms with van der Waals surface area (Å²) in [5.74, 6) is 0.719. The molecule has 58 heavy (non-hydrogen) atoms. The standard InChI is InChI=1S/C54H34N3S/c1-3-13-34(14-4-1)49-33-50(56-54(55-49)37-15-5-2-6-16-37)35-23-25-36(26-24-35)52-48-32-39(28-30-45(48)53-46-21-11-12-22-51(46)58-57(52)53)38-27-29-44-42-19-8-7-17-40(42)41-18-9-10-20-43(41)47(44)31-38/h1-33,53H/q+1. The van der Waals surface area contributed by atoms with Gasteiger partial charge in [0.1, 0.15) is 0 Å². The molecule has 0 saturated heterocycles. The summed E-state index contributed by atoms with van der Waals surface area (Å²) in [6.07, 6.45) is 0. The average molecular weight is 757 g/mol. The van der Waals surface area contributed by atoms with Gasteiger partial charge in [-0.1, -0.05) is 164 Å². The minimum Gasteiger partial charge on any atom is -0.228 e. The fourth-order valence-electron chi connectivity index (χ4n) is 9.08. The summed E-state index contributed by atoms with van der Waals surface area (Å²) in [5.41, 5.74) is 13.8. The van der Waals surface area contributed by atoms with Gasteiger partial charge in [0.15, 0.2) is 17.8 Å². The highest BCUT2D eigenvalue weighted by atomic mass is 32.2. The lowest BCUT2D eigenvalue weighted by Crippen LogP contribution is -2.10. The second kappa shape index (κ2) is 13.2. The quantitative estimate of drug-likeness (QED) is 0.0995. The largest absolute Gasteiger partial charge is 0.229 e. The van der Waals surface area contributed by atoms with Crippen molar-refractivity contribution in [2.24, 2.45) is 0 Å². The molecule has 0 N–H and O–H groups in total. The SMILES string of the molecule is c1ccc(-c2cc(-c3ccc(C4=[N+]5Sc6ccccc6C5c5ccc(-c6ccc7c8ccccc8c8ccccc8c7c6)cc54)cc3)nc(-c3ccccc3)n2)cc1. The van der Waals surface area contributed by atoms with Gasteiger partial charge in [0.25, 0.3) is 0 Å². The lowest BCUT2D eigenvalue weighted by molar-refractivity contribution is -0.377. The minimum absolute atomic E-state index is 0.149. The third-order valence-electron chi connectivity index (χ3n) is 11.8. The maximum atomic E-state index is 5.11. The molecule has 3 heterocycles. The van der Waals surface area contributed by atoms with Crippen LogP contribution in [0.1, 0.15) is 28.3 Å². The third-order valence-corrected chi connectivity index (χ3v) is 13.0. The van der Waals surface area contributed by atoms with E-state index in [2.05, 4.69) is 180 Å². The first kappa shape index (κ1) is 33.0. The molecule has 2 aliphatic heterocycles. The summed E-state index contributed by atoms with van der Waals surface area (Å²) in [5, 5.41) is 7.75. The maximum absolute atomic E-state index is 5.11. The van der Waals surface area contributed by atoms with E-state index in [9.17, 15) is 0 Å². The topological polar surface area (TPSA) is 28.8 Å². The van der Waals surface area contributed by atoms with Gasteiger partial charge in [-0.05, 0) is 79.8 Å². The molecule has 2 aliphatic rings. The van der Waals surface area contributed by atoms with E-state index in [0.717, 1.165) is 33.9 Å². The fourth-order valence-corrected chi connectivity index (χ4v) is 10.3. The highest BCUT2D eigenvalue weighted by molar-refractivity contribution is 7.93. The maximum Gasteiger partial charge on any atom is 0.229 e. The number of aromatic nitrogens is 2. The molecule has 0 amide bonds. The molecule has 3 nitrogen and oxygen atoms in total. The Kier molecular flexibility index (Phi) is 7.54. The second-order valence-electron chi connectivity index (χ2n) is 15.1. The second-order valence-corrected chi connectivity index (χ2v) is 16.1. The van der Waals surface area contributed by atoms with Crippen molar-refractivity contribution >= 4 is 50.0 Å². The zero-order valence-corrected chi connectivity index (χ0v) is 32.2. The van der Waals surface area contributed by atoms with Crippen molar-refractivity contribution in [1.29, 1.82) is 0 Å². The number of nitrogens with zero attached hydrogens (tertiary/aromatic N) is 3. The minimum atomic E-state index is 0.149. The van der Waals surface area contributed by atoms with Gasteiger partial charge in [-0.2, -0.15) is 0 Å². The Morgan fingerprint density at radius 2 is 0.862 bits per heavy atom. The van der Waals surface area contributed by atoms with E-state index in [4.69, 9.17) is 9.97 Å². The van der Waals surface area contributed by atoms with Gasteiger partial charge < -0.3 is 0 Å². The number of rotatable bonds is 5. The molecule has 12 rings (SSSR count). The van der Waals surface area contributed by atoms with Gasteiger partial charge in [-0.3, -0.25) is 0 Å². The Bertz CT molecular complexity index is 3210. The number of hydrogen-bond donors (Lipinski definition) is 0. The number of hydrogen-bond acceptors (Lipinski definition) is 3. The Hall–Kier alpha value is -7.14. The molecule has 270 valence electrons. The predicted octanol–water partition coefficient (Wildman–Crippen LogP) is 13.6. The highest BCUT2D eigenvalue weighted by Gasteiger charge is 2.47. The highest BCUT2D eigenvalue weighted by Crippen LogP contribution is 2.50. The lowest BCUT2D eigenvalue weighted by atomic mass is 9.89. The summed E-state index contributed by atoms with van der Waals surface area (Å²) in [4.78, 5) is 11.4. The number of fused-ring (bicyclic) bond motifs is 11.